The third-order valence-electron chi connectivity index (χ3n) is 13.7. The zero-order valence-corrected chi connectivity index (χ0v) is 42.7. The van der Waals surface area contributed by atoms with Crippen LogP contribution >= 0.6 is 11.6 Å². The average molecular weight is 975 g/mol. The zero-order valence-electron chi connectivity index (χ0n) is 41.9. The number of oxime groups is 1. The summed E-state index contributed by atoms with van der Waals surface area (Å²) in [5, 5.41) is 28.7. The molecule has 70 heavy (non-hydrogen) atoms. The van der Waals surface area contributed by atoms with E-state index in [1.54, 1.807) is 17.9 Å². The molecule has 0 spiro atoms. The zero-order chi connectivity index (χ0) is 50.4. The van der Waals surface area contributed by atoms with Crippen molar-refractivity contribution in [3.05, 3.63) is 137 Å². The summed E-state index contributed by atoms with van der Waals surface area (Å²) < 4.78 is 8.28. The number of anilines is 1. The Hall–Kier alpha value is -6.14. The van der Waals surface area contributed by atoms with E-state index in [0.29, 0.717) is 57.3 Å². The van der Waals surface area contributed by atoms with Crippen LogP contribution in [0.5, 0.6) is 11.5 Å². The second kappa shape index (κ2) is 24.6. The highest BCUT2D eigenvalue weighted by atomic mass is 35.5. The van der Waals surface area contributed by atoms with Crippen molar-refractivity contribution in [3.63, 3.8) is 0 Å². The van der Waals surface area contributed by atoms with E-state index >= 15 is 0 Å². The number of amides is 2. The Balaban J connectivity index is 0.00000397. The van der Waals surface area contributed by atoms with Gasteiger partial charge in [-0.05, 0) is 88.1 Å². The van der Waals surface area contributed by atoms with E-state index in [2.05, 4.69) is 128 Å². The van der Waals surface area contributed by atoms with Crippen LogP contribution in [0.1, 0.15) is 126 Å². The molecule has 1 unspecified atom stereocenters. The molecular formula is C57H72ClN5O7. The number of piperidine rings is 1. The number of benzene rings is 3. The van der Waals surface area contributed by atoms with Crippen LogP contribution in [-0.4, -0.2) is 94.8 Å². The summed E-state index contributed by atoms with van der Waals surface area (Å²) in [5.74, 6) is -1.99. The van der Waals surface area contributed by atoms with Gasteiger partial charge in [0.25, 0.3) is 5.91 Å². The van der Waals surface area contributed by atoms with E-state index in [-0.39, 0.29) is 58.4 Å². The van der Waals surface area contributed by atoms with Gasteiger partial charge in [0, 0.05) is 92.4 Å². The van der Waals surface area contributed by atoms with Gasteiger partial charge in [0.15, 0.2) is 12.3 Å². The van der Waals surface area contributed by atoms with Crippen LogP contribution < -0.4 is 10.2 Å². The van der Waals surface area contributed by atoms with Crippen molar-refractivity contribution < 1.29 is 38.7 Å². The smallest absolute Gasteiger partial charge is 0.342 e. The standard InChI is InChI=1S/C55H66ClN5O7.C2H5/c1-54(2)41-23-12-14-25-43(41)59(5)47(54)27-20-28-48-55(3,4)42-24-13-15-26-44(42)61(48)34-19-16-29-49(64)57-31-30-39-22-11-8-6-7-10-21-38(58-67-37-50(65)60-32-17-9-18-33-60)35-40-51(53(66)68-39)45(62)36-46(63)52(40)56;1-2/h8,10-15,20-21,23-28,36,39H,6-7,9,16-19,22,29-35,37H2,1-5H3,(H2-,57,62,63,64,66);1H2,2H3/q;-1/p+1/b11-8+,21-10+,58-38?;. The fraction of sp³-hybridized carbons (Fsp3) is 0.439. The lowest BCUT2D eigenvalue weighted by Gasteiger charge is -2.27. The van der Waals surface area contributed by atoms with Crippen molar-refractivity contribution in [2.45, 2.75) is 122 Å². The molecule has 0 aliphatic carbocycles. The van der Waals surface area contributed by atoms with Crippen molar-refractivity contribution in [2.75, 3.05) is 44.7 Å². The van der Waals surface area contributed by atoms with Crippen LogP contribution in [-0.2, 0) is 36.4 Å². The molecule has 13 heteroatoms. The maximum absolute atomic E-state index is 13.9. The molecule has 1 saturated heterocycles. The lowest BCUT2D eigenvalue weighted by atomic mass is 9.81. The highest BCUT2D eigenvalue weighted by Crippen LogP contribution is 2.48. The third-order valence-corrected chi connectivity index (χ3v) is 14.1. The molecule has 2 amide bonds. The molecule has 4 aliphatic heterocycles. The largest absolute Gasteiger partial charge is 0.507 e. The van der Waals surface area contributed by atoms with Crippen LogP contribution in [0.15, 0.2) is 108 Å². The number of carbonyl (C=O) groups is 3. The summed E-state index contributed by atoms with van der Waals surface area (Å²) in [4.78, 5) is 49.5. The number of halogens is 1. The molecule has 4 aliphatic rings. The topological polar surface area (TPSA) is 144 Å². The summed E-state index contributed by atoms with van der Waals surface area (Å²) in [6, 6.07) is 18.2. The van der Waals surface area contributed by atoms with Crippen molar-refractivity contribution in [3.8, 4) is 11.5 Å². The predicted octanol–water partition coefficient (Wildman–Crippen LogP) is 11.0. The van der Waals surface area contributed by atoms with E-state index in [1.807, 2.05) is 18.2 Å². The molecule has 0 aromatic heterocycles. The highest BCUT2D eigenvalue weighted by Gasteiger charge is 2.43. The minimum atomic E-state index is -0.833. The number of nitrogens with zero attached hydrogens (tertiary/aromatic N) is 4. The minimum Gasteiger partial charge on any atom is -0.507 e. The number of cyclic esters (lactones) is 1. The third kappa shape index (κ3) is 12.6. The quantitative estimate of drug-likeness (QED) is 0.0384. The normalized spacial score (nSPS) is 20.7. The van der Waals surface area contributed by atoms with Gasteiger partial charge < -0.3 is 41.8 Å². The van der Waals surface area contributed by atoms with E-state index in [1.165, 1.54) is 33.9 Å². The summed E-state index contributed by atoms with van der Waals surface area (Å²) in [7, 11) is 2.13. The fourth-order valence-corrected chi connectivity index (χ4v) is 10.1. The van der Waals surface area contributed by atoms with E-state index in [9.17, 15) is 24.6 Å². The first-order valence-electron chi connectivity index (χ1n) is 24.8. The Kier molecular flexibility index (Phi) is 18.7. The molecule has 0 saturated carbocycles. The number of phenolic OH excluding ortho intramolecular Hbond substituents is 2. The van der Waals surface area contributed by atoms with Gasteiger partial charge in [0.1, 0.15) is 30.2 Å². The number of nitrogens with one attached hydrogen (secondary N) is 1. The summed E-state index contributed by atoms with van der Waals surface area (Å²) in [6.45, 7) is 16.3. The number of ether oxygens (including phenoxy) is 1. The first kappa shape index (κ1) is 53.2. The predicted molar refractivity (Wildman–Crippen MR) is 281 cm³/mol. The monoisotopic (exact) mass is 974 g/mol. The molecule has 0 radical (unpaired) electrons. The van der Waals surface area contributed by atoms with Crippen molar-refractivity contribution in [1.82, 2.24) is 10.2 Å². The van der Waals surface area contributed by atoms with E-state index < -0.39 is 23.6 Å². The first-order chi connectivity index (χ1) is 33.7. The maximum atomic E-state index is 13.9. The van der Waals surface area contributed by atoms with Gasteiger partial charge in [-0.15, -0.1) is 0 Å². The minimum absolute atomic E-state index is 0.0846. The number of fused-ring (bicyclic) bond motifs is 3. The second-order valence-corrected chi connectivity index (χ2v) is 19.5. The number of allylic oxidation sites excluding steroid dienone is 7. The fourth-order valence-electron chi connectivity index (χ4n) is 9.93. The second-order valence-electron chi connectivity index (χ2n) is 19.2. The van der Waals surface area contributed by atoms with Crippen LogP contribution in [0.25, 0.3) is 0 Å². The number of unbranched alkanes of at least 4 members (excludes halogenated alkanes) is 1. The number of para-hydroxylation sites is 2. The Morgan fingerprint density at radius 3 is 2.43 bits per heavy atom. The lowest BCUT2D eigenvalue weighted by Crippen LogP contribution is -2.37. The van der Waals surface area contributed by atoms with E-state index in [4.69, 9.17) is 21.2 Å². The van der Waals surface area contributed by atoms with Crippen molar-refractivity contribution in [1.29, 1.82) is 0 Å². The van der Waals surface area contributed by atoms with Gasteiger partial charge in [-0.3, -0.25) is 9.59 Å². The molecule has 7 rings (SSSR count). The lowest BCUT2D eigenvalue weighted by molar-refractivity contribution is -0.401. The number of hydrogen-bond acceptors (Lipinski definition) is 9. The molecule has 0 bridgehead atoms. The molecule has 4 heterocycles. The first-order valence-corrected chi connectivity index (χ1v) is 25.2. The van der Waals surface area contributed by atoms with Crippen LogP contribution in [0.3, 0.4) is 0 Å². The molecule has 3 N–H and O–H groups in total. The number of aromatic hydroxyl groups is 2. The van der Waals surface area contributed by atoms with Gasteiger partial charge in [0.2, 0.25) is 11.6 Å². The Bertz CT molecular complexity index is 2550. The summed E-state index contributed by atoms with van der Waals surface area (Å²) in [6.07, 6.45) is 20.4. The van der Waals surface area contributed by atoms with Crippen LogP contribution in [0.4, 0.5) is 11.4 Å². The van der Waals surface area contributed by atoms with Crippen LogP contribution in [0, 0.1) is 6.92 Å². The Labute approximate surface area is 420 Å². The SMILES string of the molecule is C[N+]1=C(/C=C/C=C2/N(CCCCC(=O)NCCC3C/C=C/CC/C=C/C(=NOCC(=O)N4CCCCC4)Cc4c(Cl)c(O)cc(O)c4C(=O)O3)c3ccccc3C2(C)C)C(C)(C)c2ccccc21.[CH2-]C. The number of carbonyl (C=O) groups excluding carboxylic acids is 3. The van der Waals surface area contributed by atoms with Crippen molar-refractivity contribution >= 4 is 52.2 Å². The molecule has 374 valence electrons. The molecule has 1 atom stereocenters. The molecule has 1 fully saturated rings. The molecular weight excluding hydrogens is 902 g/mol. The maximum Gasteiger partial charge on any atom is 0.342 e. The molecule has 3 aromatic rings. The van der Waals surface area contributed by atoms with Gasteiger partial charge in [-0.2, -0.15) is 11.5 Å². The number of hydrogen-bond donors (Lipinski definition) is 3. The van der Waals surface area contributed by atoms with Crippen LogP contribution in [0.2, 0.25) is 5.02 Å². The number of likely N-dealkylation sites (tertiary alicyclic amines) is 1. The summed E-state index contributed by atoms with van der Waals surface area (Å²) in [5.41, 5.74) is 7.39. The molecule has 3 aromatic carbocycles. The Morgan fingerprint density at radius 1 is 0.957 bits per heavy atom. The van der Waals surface area contributed by atoms with Gasteiger partial charge in [-0.25, -0.2) is 4.79 Å². The van der Waals surface area contributed by atoms with Gasteiger partial charge in [0.05, 0.1) is 16.1 Å². The van der Waals surface area contributed by atoms with Gasteiger partial charge in [-0.1, -0.05) is 91.3 Å². The van der Waals surface area contributed by atoms with Crippen molar-refractivity contribution in [2.24, 2.45) is 5.16 Å². The van der Waals surface area contributed by atoms with E-state index in [0.717, 1.165) is 38.3 Å². The number of phenols is 2. The Morgan fingerprint density at radius 2 is 1.67 bits per heavy atom. The average Bonchev–Trinajstić information content (AvgIpc) is 3.68. The number of esters is 1. The van der Waals surface area contributed by atoms with Gasteiger partial charge >= 0.3 is 5.97 Å². The summed E-state index contributed by atoms with van der Waals surface area (Å²) >= 11 is 6.59. The highest BCUT2D eigenvalue weighted by molar-refractivity contribution is 6.33. The number of rotatable bonds is 13. The molecule has 12 nitrogen and oxygen atoms in total.